The number of aliphatic carboxylic acids is 1. The van der Waals surface area contributed by atoms with E-state index in [2.05, 4.69) is 12.2 Å². The quantitative estimate of drug-likeness (QED) is 0.686. The van der Waals surface area contributed by atoms with Gasteiger partial charge in [0.2, 0.25) is 5.91 Å². The lowest BCUT2D eigenvalue weighted by molar-refractivity contribution is -0.137. The van der Waals surface area contributed by atoms with Gasteiger partial charge in [-0.2, -0.15) is 0 Å². The largest absolute Gasteiger partial charge is 0.481 e. The fraction of sp³-hybridized carbons (Fsp3) is 0.769. The summed E-state index contributed by atoms with van der Waals surface area (Å²) in [4.78, 5) is 34.9. The van der Waals surface area contributed by atoms with Gasteiger partial charge in [-0.1, -0.05) is 6.92 Å². The van der Waals surface area contributed by atoms with Gasteiger partial charge in [0.05, 0.1) is 0 Å². The number of nitrogens with one attached hydrogen (secondary N) is 1. The zero-order chi connectivity index (χ0) is 14.4. The molecule has 6 heteroatoms. The molecule has 6 nitrogen and oxygen atoms in total. The third-order valence-electron chi connectivity index (χ3n) is 3.42. The van der Waals surface area contributed by atoms with Crippen molar-refractivity contribution in [3.8, 4) is 0 Å². The molecule has 3 amide bonds. The highest BCUT2D eigenvalue weighted by atomic mass is 16.4. The molecule has 1 rings (SSSR count). The summed E-state index contributed by atoms with van der Waals surface area (Å²) in [6.07, 6.45) is 2.31. The van der Waals surface area contributed by atoms with Crippen molar-refractivity contribution in [2.24, 2.45) is 11.8 Å². The molecule has 1 aliphatic rings. The number of urea groups is 1. The summed E-state index contributed by atoms with van der Waals surface area (Å²) in [5.74, 6) is 0.0178. The van der Waals surface area contributed by atoms with Crippen molar-refractivity contribution < 1.29 is 19.5 Å². The number of rotatable bonds is 7. The fourth-order valence-electron chi connectivity index (χ4n) is 1.93. The minimum atomic E-state index is -0.866. The smallest absolute Gasteiger partial charge is 0.323 e. The summed E-state index contributed by atoms with van der Waals surface area (Å²) >= 11 is 0. The summed E-state index contributed by atoms with van der Waals surface area (Å²) in [5.41, 5.74) is 0. The number of hydrogen-bond acceptors (Lipinski definition) is 3. The van der Waals surface area contributed by atoms with Gasteiger partial charge in [-0.3, -0.25) is 14.9 Å². The zero-order valence-electron chi connectivity index (χ0n) is 11.5. The highest BCUT2D eigenvalue weighted by Crippen LogP contribution is 2.37. The summed E-state index contributed by atoms with van der Waals surface area (Å²) in [6, 6.07) is -0.373. The van der Waals surface area contributed by atoms with Crippen molar-refractivity contribution in [2.45, 2.75) is 39.0 Å². The second-order valence-corrected chi connectivity index (χ2v) is 5.31. The van der Waals surface area contributed by atoms with Crippen LogP contribution in [0.25, 0.3) is 0 Å². The van der Waals surface area contributed by atoms with Gasteiger partial charge in [0.25, 0.3) is 0 Å². The second-order valence-electron chi connectivity index (χ2n) is 5.31. The number of carbonyl (C=O) groups is 3. The minimum absolute atomic E-state index is 0.0562. The van der Waals surface area contributed by atoms with E-state index in [1.165, 1.54) is 4.90 Å². The van der Waals surface area contributed by atoms with Crippen LogP contribution in [0.3, 0.4) is 0 Å². The summed E-state index contributed by atoms with van der Waals surface area (Å²) in [7, 11) is 1.68. The van der Waals surface area contributed by atoms with E-state index in [0.717, 1.165) is 6.42 Å². The van der Waals surface area contributed by atoms with Gasteiger partial charge in [-0.05, 0) is 31.1 Å². The van der Waals surface area contributed by atoms with Crippen molar-refractivity contribution in [3.05, 3.63) is 0 Å². The molecule has 1 saturated carbocycles. The molecule has 108 valence electrons. The van der Waals surface area contributed by atoms with E-state index in [0.29, 0.717) is 31.2 Å². The van der Waals surface area contributed by atoms with Gasteiger partial charge in [-0.25, -0.2) is 4.79 Å². The van der Waals surface area contributed by atoms with E-state index < -0.39 is 5.97 Å². The lowest BCUT2D eigenvalue weighted by Gasteiger charge is -2.17. The standard InChI is InChI=1S/C13H22N2O4/c1-9-7-10(9)8-15(2)13(19)14-11(16)5-3-4-6-12(17)18/h9-10H,3-8H2,1-2H3,(H,17,18)(H,14,16,19). The molecule has 0 aromatic heterocycles. The topological polar surface area (TPSA) is 86.7 Å². The van der Waals surface area contributed by atoms with Gasteiger partial charge in [0, 0.05) is 26.4 Å². The molecule has 0 heterocycles. The van der Waals surface area contributed by atoms with Crippen LogP contribution in [0.15, 0.2) is 0 Å². The second kappa shape index (κ2) is 7.11. The maximum Gasteiger partial charge on any atom is 0.323 e. The van der Waals surface area contributed by atoms with E-state index in [9.17, 15) is 14.4 Å². The number of imide groups is 1. The van der Waals surface area contributed by atoms with Gasteiger partial charge in [-0.15, -0.1) is 0 Å². The van der Waals surface area contributed by atoms with Gasteiger partial charge >= 0.3 is 12.0 Å². The van der Waals surface area contributed by atoms with Gasteiger partial charge < -0.3 is 10.0 Å². The molecule has 1 fully saturated rings. The molecule has 0 aromatic carbocycles. The first-order valence-corrected chi connectivity index (χ1v) is 6.67. The Morgan fingerprint density at radius 3 is 2.37 bits per heavy atom. The third-order valence-corrected chi connectivity index (χ3v) is 3.42. The Labute approximate surface area is 113 Å². The highest BCUT2D eigenvalue weighted by molar-refractivity contribution is 5.94. The minimum Gasteiger partial charge on any atom is -0.481 e. The molecule has 2 unspecified atom stereocenters. The summed E-state index contributed by atoms with van der Waals surface area (Å²) < 4.78 is 0. The highest BCUT2D eigenvalue weighted by Gasteiger charge is 2.34. The van der Waals surface area contributed by atoms with Gasteiger partial charge in [0.15, 0.2) is 0 Å². The monoisotopic (exact) mass is 270 g/mol. The summed E-state index contributed by atoms with van der Waals surface area (Å²) in [6.45, 7) is 2.82. The molecule has 0 aliphatic heterocycles. The Hall–Kier alpha value is -1.59. The van der Waals surface area contributed by atoms with Crippen molar-refractivity contribution in [1.82, 2.24) is 10.2 Å². The first kappa shape index (κ1) is 15.5. The Morgan fingerprint density at radius 1 is 1.26 bits per heavy atom. The third kappa shape index (κ3) is 6.22. The lowest BCUT2D eigenvalue weighted by Crippen LogP contribution is -2.41. The predicted octanol–water partition coefficient (Wildman–Crippen LogP) is 1.46. The molecule has 2 atom stereocenters. The molecule has 0 spiro atoms. The first-order chi connectivity index (χ1) is 8.90. The Morgan fingerprint density at radius 2 is 1.84 bits per heavy atom. The number of unbranched alkanes of at least 4 members (excludes halogenated alkanes) is 1. The average molecular weight is 270 g/mol. The molecule has 0 bridgehead atoms. The predicted molar refractivity (Wildman–Crippen MR) is 69.5 cm³/mol. The van der Waals surface area contributed by atoms with Crippen LogP contribution < -0.4 is 5.32 Å². The fourth-order valence-corrected chi connectivity index (χ4v) is 1.93. The zero-order valence-corrected chi connectivity index (χ0v) is 11.5. The number of carboxylic acid groups (broad SMARTS) is 1. The maximum absolute atomic E-state index is 11.7. The van der Waals surface area contributed by atoms with Crippen molar-refractivity contribution in [3.63, 3.8) is 0 Å². The number of carbonyl (C=O) groups excluding carboxylic acids is 2. The number of nitrogens with zero attached hydrogens (tertiary/aromatic N) is 1. The van der Waals surface area contributed by atoms with Crippen LogP contribution in [0.4, 0.5) is 4.79 Å². The van der Waals surface area contributed by atoms with Gasteiger partial charge in [0.1, 0.15) is 0 Å². The van der Waals surface area contributed by atoms with Crippen molar-refractivity contribution >= 4 is 17.9 Å². The SMILES string of the molecule is CC1CC1CN(C)C(=O)NC(=O)CCCCC(=O)O. The molecule has 0 aromatic rings. The molecular weight excluding hydrogens is 248 g/mol. The van der Waals surface area contributed by atoms with Crippen molar-refractivity contribution in [2.75, 3.05) is 13.6 Å². The number of carboxylic acids is 1. The molecule has 0 radical (unpaired) electrons. The van der Waals surface area contributed by atoms with E-state index in [4.69, 9.17) is 5.11 Å². The lowest BCUT2D eigenvalue weighted by atomic mass is 10.2. The molecular formula is C13H22N2O4. The van der Waals surface area contributed by atoms with Crippen LogP contribution in [-0.2, 0) is 9.59 Å². The first-order valence-electron chi connectivity index (χ1n) is 6.67. The van der Waals surface area contributed by atoms with Crippen LogP contribution in [-0.4, -0.2) is 41.5 Å². The molecule has 0 saturated heterocycles. The maximum atomic E-state index is 11.7. The van der Waals surface area contributed by atoms with E-state index >= 15 is 0 Å². The number of hydrogen-bond donors (Lipinski definition) is 2. The normalized spacial score (nSPS) is 20.7. The molecule has 1 aliphatic carbocycles. The van der Waals surface area contributed by atoms with Crippen LogP contribution in [0.5, 0.6) is 0 Å². The van der Waals surface area contributed by atoms with Crippen LogP contribution in [0.2, 0.25) is 0 Å². The van der Waals surface area contributed by atoms with Crippen LogP contribution >= 0.6 is 0 Å². The Balaban J connectivity index is 2.12. The molecule has 2 N–H and O–H groups in total. The van der Waals surface area contributed by atoms with E-state index in [1.807, 2.05) is 0 Å². The van der Waals surface area contributed by atoms with E-state index in [-0.39, 0.29) is 24.8 Å². The van der Waals surface area contributed by atoms with E-state index in [1.54, 1.807) is 7.05 Å². The van der Waals surface area contributed by atoms with Crippen LogP contribution in [0.1, 0.15) is 39.0 Å². The number of amides is 3. The Bertz CT molecular complexity index is 357. The summed E-state index contributed by atoms with van der Waals surface area (Å²) in [5, 5.41) is 10.8. The molecule has 19 heavy (non-hydrogen) atoms. The Kier molecular flexibility index (Phi) is 5.79. The van der Waals surface area contributed by atoms with Crippen molar-refractivity contribution in [1.29, 1.82) is 0 Å². The average Bonchev–Trinajstić information content (AvgIpc) is 3.00. The van der Waals surface area contributed by atoms with Crippen LogP contribution in [0, 0.1) is 11.8 Å².